The molecule has 1 atom stereocenters. The molecule has 1 aromatic carbocycles. The van der Waals surface area contributed by atoms with Gasteiger partial charge in [0.05, 0.1) is 27.4 Å². The summed E-state index contributed by atoms with van der Waals surface area (Å²) in [5.74, 6) is 1.99. The predicted octanol–water partition coefficient (Wildman–Crippen LogP) is 2.49. The Morgan fingerprint density at radius 2 is 1.85 bits per heavy atom. The van der Waals surface area contributed by atoms with Crippen LogP contribution in [0.3, 0.4) is 0 Å². The molecule has 2 heterocycles. The molecule has 0 radical (unpaired) electrons. The molecule has 0 amide bonds. The molecule has 0 bridgehead atoms. The molecule has 0 aliphatic carbocycles. The first-order valence-corrected chi connectivity index (χ1v) is 8.93. The van der Waals surface area contributed by atoms with Gasteiger partial charge in [-0.15, -0.1) is 0 Å². The third-order valence-corrected chi connectivity index (χ3v) is 4.77. The molecule has 1 aliphatic heterocycles. The summed E-state index contributed by atoms with van der Waals surface area (Å²) >= 11 is 0. The van der Waals surface area contributed by atoms with E-state index in [2.05, 4.69) is 27.3 Å². The number of nitrogens with zero attached hydrogens (tertiary/aromatic N) is 2. The maximum atomic E-state index is 5.77. The number of pyridine rings is 1. The lowest BCUT2D eigenvalue weighted by Gasteiger charge is -2.32. The van der Waals surface area contributed by atoms with Crippen molar-refractivity contribution in [2.75, 3.05) is 47.5 Å². The normalized spacial score (nSPS) is 16.6. The van der Waals surface area contributed by atoms with Gasteiger partial charge < -0.3 is 19.5 Å². The van der Waals surface area contributed by atoms with Crippen molar-refractivity contribution in [1.82, 2.24) is 15.2 Å². The standard InChI is InChI=1S/C20H27N3O3/c1-24-17-8-7-16(19(25-2)20(17)26-3)18(15-6-4-9-22-14-15)23-12-5-10-21-11-13-23/h4,6-9,14,18,21H,5,10-13H2,1-3H3. The molecule has 0 spiro atoms. The molecule has 140 valence electrons. The minimum absolute atomic E-state index is 0.0401. The van der Waals surface area contributed by atoms with E-state index < -0.39 is 0 Å². The number of nitrogens with one attached hydrogen (secondary N) is 1. The first kappa shape index (κ1) is 18.5. The third-order valence-electron chi connectivity index (χ3n) is 4.77. The van der Waals surface area contributed by atoms with Crippen molar-refractivity contribution in [3.05, 3.63) is 47.8 Å². The Balaban J connectivity index is 2.12. The summed E-state index contributed by atoms with van der Waals surface area (Å²) in [7, 11) is 4.94. The summed E-state index contributed by atoms with van der Waals surface area (Å²) in [5.41, 5.74) is 2.19. The van der Waals surface area contributed by atoms with Crippen LogP contribution in [0.1, 0.15) is 23.6 Å². The van der Waals surface area contributed by atoms with Gasteiger partial charge in [-0.05, 0) is 36.7 Å². The number of hydrogen-bond acceptors (Lipinski definition) is 6. The van der Waals surface area contributed by atoms with Gasteiger partial charge >= 0.3 is 0 Å². The smallest absolute Gasteiger partial charge is 0.203 e. The van der Waals surface area contributed by atoms with Gasteiger partial charge in [-0.3, -0.25) is 9.88 Å². The lowest BCUT2D eigenvalue weighted by Crippen LogP contribution is -2.33. The molecule has 6 heteroatoms. The van der Waals surface area contributed by atoms with Gasteiger partial charge in [0.25, 0.3) is 0 Å². The number of benzene rings is 1. The lowest BCUT2D eigenvalue weighted by atomic mass is 9.96. The van der Waals surface area contributed by atoms with E-state index in [1.165, 1.54) is 0 Å². The molecule has 3 rings (SSSR count). The van der Waals surface area contributed by atoms with Crippen LogP contribution >= 0.6 is 0 Å². The number of aromatic nitrogens is 1. The van der Waals surface area contributed by atoms with Gasteiger partial charge in [-0.25, -0.2) is 0 Å². The molecule has 1 aliphatic rings. The molecule has 1 saturated heterocycles. The fourth-order valence-electron chi connectivity index (χ4n) is 3.59. The van der Waals surface area contributed by atoms with Gasteiger partial charge in [-0.2, -0.15) is 0 Å². The number of hydrogen-bond donors (Lipinski definition) is 1. The van der Waals surface area contributed by atoms with Gasteiger partial charge in [0, 0.05) is 37.6 Å². The Morgan fingerprint density at radius 1 is 1.00 bits per heavy atom. The first-order chi connectivity index (χ1) is 12.8. The minimum atomic E-state index is 0.0401. The SMILES string of the molecule is COc1ccc(C(c2cccnc2)N2CCCNCC2)c(OC)c1OC. The summed E-state index contributed by atoms with van der Waals surface area (Å²) in [6.45, 7) is 3.97. The van der Waals surface area contributed by atoms with Crippen LogP contribution in [-0.2, 0) is 0 Å². The average Bonchev–Trinajstić information content (AvgIpc) is 2.97. The molecule has 1 fully saturated rings. The summed E-state index contributed by atoms with van der Waals surface area (Å²) in [5, 5.41) is 3.47. The van der Waals surface area contributed by atoms with Crippen molar-refractivity contribution >= 4 is 0 Å². The van der Waals surface area contributed by atoms with Crippen LogP contribution < -0.4 is 19.5 Å². The number of methoxy groups -OCH3 is 3. The van der Waals surface area contributed by atoms with Crippen molar-refractivity contribution in [1.29, 1.82) is 0 Å². The van der Waals surface area contributed by atoms with E-state index in [4.69, 9.17) is 14.2 Å². The Hall–Kier alpha value is -2.31. The second kappa shape index (κ2) is 8.87. The van der Waals surface area contributed by atoms with E-state index in [9.17, 15) is 0 Å². The fourth-order valence-corrected chi connectivity index (χ4v) is 3.59. The Kier molecular flexibility index (Phi) is 6.30. The fraction of sp³-hybridized carbons (Fsp3) is 0.450. The highest BCUT2D eigenvalue weighted by atomic mass is 16.5. The van der Waals surface area contributed by atoms with Crippen LogP contribution in [0.25, 0.3) is 0 Å². The van der Waals surface area contributed by atoms with E-state index in [0.29, 0.717) is 17.2 Å². The monoisotopic (exact) mass is 357 g/mol. The van der Waals surface area contributed by atoms with Crippen LogP contribution in [0.4, 0.5) is 0 Å². The maximum Gasteiger partial charge on any atom is 0.203 e. The van der Waals surface area contributed by atoms with Crippen LogP contribution in [0.5, 0.6) is 17.2 Å². The van der Waals surface area contributed by atoms with E-state index in [1.807, 2.05) is 18.3 Å². The van der Waals surface area contributed by atoms with Crippen molar-refractivity contribution in [3.63, 3.8) is 0 Å². The predicted molar refractivity (Wildman–Crippen MR) is 101 cm³/mol. The van der Waals surface area contributed by atoms with Crippen molar-refractivity contribution in [2.24, 2.45) is 0 Å². The Morgan fingerprint density at radius 3 is 2.54 bits per heavy atom. The van der Waals surface area contributed by atoms with Crippen LogP contribution in [0, 0.1) is 0 Å². The van der Waals surface area contributed by atoms with E-state index in [0.717, 1.165) is 43.7 Å². The molecule has 1 aromatic heterocycles. The first-order valence-electron chi connectivity index (χ1n) is 8.93. The van der Waals surface area contributed by atoms with Crippen molar-refractivity contribution < 1.29 is 14.2 Å². The molecule has 26 heavy (non-hydrogen) atoms. The lowest BCUT2D eigenvalue weighted by molar-refractivity contribution is 0.233. The highest BCUT2D eigenvalue weighted by Gasteiger charge is 2.29. The second-order valence-electron chi connectivity index (χ2n) is 6.25. The zero-order chi connectivity index (χ0) is 18.4. The van der Waals surface area contributed by atoms with E-state index in [1.54, 1.807) is 27.5 Å². The summed E-state index contributed by atoms with van der Waals surface area (Å²) in [6, 6.07) is 8.14. The molecule has 2 aromatic rings. The molecule has 6 nitrogen and oxygen atoms in total. The molecule has 1 unspecified atom stereocenters. The van der Waals surface area contributed by atoms with Gasteiger partial charge in [-0.1, -0.05) is 6.07 Å². The van der Waals surface area contributed by atoms with Crippen LogP contribution in [-0.4, -0.2) is 57.4 Å². The number of rotatable bonds is 6. The van der Waals surface area contributed by atoms with Crippen LogP contribution in [0.15, 0.2) is 36.7 Å². The van der Waals surface area contributed by atoms with Gasteiger partial charge in [0.2, 0.25) is 5.75 Å². The van der Waals surface area contributed by atoms with Crippen molar-refractivity contribution in [2.45, 2.75) is 12.5 Å². The largest absolute Gasteiger partial charge is 0.493 e. The summed E-state index contributed by atoms with van der Waals surface area (Å²) in [4.78, 5) is 6.82. The minimum Gasteiger partial charge on any atom is -0.493 e. The Bertz CT molecular complexity index is 701. The maximum absolute atomic E-state index is 5.77. The quantitative estimate of drug-likeness (QED) is 0.857. The highest BCUT2D eigenvalue weighted by molar-refractivity contribution is 5.58. The molecular weight excluding hydrogens is 330 g/mol. The molecule has 1 N–H and O–H groups in total. The Labute approximate surface area is 155 Å². The summed E-state index contributed by atoms with van der Waals surface area (Å²) < 4.78 is 16.8. The zero-order valence-electron chi connectivity index (χ0n) is 15.7. The zero-order valence-corrected chi connectivity index (χ0v) is 15.7. The third kappa shape index (κ3) is 3.76. The topological polar surface area (TPSA) is 55.9 Å². The summed E-state index contributed by atoms with van der Waals surface area (Å²) in [6.07, 6.45) is 4.84. The number of ether oxygens (including phenoxy) is 3. The highest BCUT2D eigenvalue weighted by Crippen LogP contribution is 2.45. The molecular formula is C20H27N3O3. The van der Waals surface area contributed by atoms with Gasteiger partial charge in [0.1, 0.15) is 0 Å². The van der Waals surface area contributed by atoms with E-state index >= 15 is 0 Å². The molecule has 0 saturated carbocycles. The van der Waals surface area contributed by atoms with Crippen LogP contribution in [0.2, 0.25) is 0 Å². The van der Waals surface area contributed by atoms with E-state index in [-0.39, 0.29) is 6.04 Å². The van der Waals surface area contributed by atoms with Crippen molar-refractivity contribution in [3.8, 4) is 17.2 Å². The van der Waals surface area contributed by atoms with Gasteiger partial charge in [0.15, 0.2) is 11.5 Å². The average molecular weight is 357 g/mol. The second-order valence-corrected chi connectivity index (χ2v) is 6.25.